The van der Waals surface area contributed by atoms with Crippen molar-refractivity contribution >= 4 is 11.7 Å². The van der Waals surface area contributed by atoms with Crippen LogP contribution in [-0.2, 0) is 17.8 Å². The van der Waals surface area contributed by atoms with Gasteiger partial charge in [0.15, 0.2) is 0 Å². The van der Waals surface area contributed by atoms with Crippen LogP contribution in [-0.4, -0.2) is 18.1 Å². The van der Waals surface area contributed by atoms with Gasteiger partial charge in [-0.15, -0.1) is 0 Å². The fraction of sp³-hybridized carbons (Fsp3) is 0.143. The van der Waals surface area contributed by atoms with Crippen molar-refractivity contribution in [3.8, 4) is 11.1 Å². The van der Waals surface area contributed by atoms with E-state index in [2.05, 4.69) is 4.98 Å². The van der Waals surface area contributed by atoms with Crippen LogP contribution in [0.5, 0.6) is 0 Å². The first-order chi connectivity index (χ1) is 16.4. The van der Waals surface area contributed by atoms with E-state index in [0.717, 1.165) is 34.0 Å². The maximum atomic E-state index is 13.8. The van der Waals surface area contributed by atoms with Crippen LogP contribution in [0.1, 0.15) is 27.0 Å². The predicted molar refractivity (Wildman–Crippen MR) is 128 cm³/mol. The minimum atomic E-state index is -0.620. The number of rotatable bonds is 7. The fourth-order valence-corrected chi connectivity index (χ4v) is 4.00. The molecule has 0 atom stereocenters. The number of carbonyl (C=O) groups is 1. The Kier molecular flexibility index (Phi) is 6.97. The van der Waals surface area contributed by atoms with Crippen LogP contribution in [0.2, 0.25) is 0 Å². The second kappa shape index (κ2) is 10.3. The molecule has 4 rings (SSSR count). The number of pyridine rings is 1. The van der Waals surface area contributed by atoms with Gasteiger partial charge in [0.25, 0.3) is 0 Å². The summed E-state index contributed by atoms with van der Waals surface area (Å²) in [7, 11) is 1.36. The number of carbonyl (C=O) groups excluding carboxylic acids is 1. The van der Waals surface area contributed by atoms with E-state index in [4.69, 9.17) is 4.74 Å². The van der Waals surface area contributed by atoms with Crippen LogP contribution in [0.15, 0.2) is 85.2 Å². The molecule has 1 heterocycles. The molecule has 0 aliphatic carbocycles. The van der Waals surface area contributed by atoms with Crippen molar-refractivity contribution in [1.29, 1.82) is 0 Å². The van der Waals surface area contributed by atoms with Crippen molar-refractivity contribution < 1.29 is 18.3 Å². The summed E-state index contributed by atoms with van der Waals surface area (Å²) in [6, 6.07) is 20.6. The molecule has 3 aromatic carbocycles. The molecule has 0 saturated carbocycles. The standard InChI is InChI=1S/C28H24F2N2O2/c1-19-6-3-4-8-25(19)27-14-20(9-10-26(27)28(33)34-2)17-32(24-7-5-11-31-16-24)18-21-12-22(29)15-23(30)13-21/h3-16H,17-18H2,1-2H3. The predicted octanol–water partition coefficient (Wildman–Crippen LogP) is 6.33. The van der Waals surface area contributed by atoms with Crippen LogP contribution >= 0.6 is 0 Å². The molecule has 0 radical (unpaired) electrons. The number of hydrogen-bond donors (Lipinski definition) is 0. The molecule has 1 aromatic heterocycles. The Bertz CT molecular complexity index is 1290. The number of hydrogen-bond acceptors (Lipinski definition) is 4. The number of methoxy groups -OCH3 is 1. The van der Waals surface area contributed by atoms with Crippen LogP contribution in [0, 0.1) is 18.6 Å². The lowest BCUT2D eigenvalue weighted by Gasteiger charge is -2.25. The molecule has 0 amide bonds. The monoisotopic (exact) mass is 458 g/mol. The maximum absolute atomic E-state index is 13.8. The molecule has 34 heavy (non-hydrogen) atoms. The summed E-state index contributed by atoms with van der Waals surface area (Å²) in [6.07, 6.45) is 3.38. The van der Waals surface area contributed by atoms with Crippen molar-refractivity contribution in [3.05, 3.63) is 119 Å². The highest BCUT2D eigenvalue weighted by molar-refractivity contribution is 5.97. The molecule has 0 fully saturated rings. The van der Waals surface area contributed by atoms with E-state index in [9.17, 15) is 13.6 Å². The maximum Gasteiger partial charge on any atom is 0.338 e. The van der Waals surface area contributed by atoms with Gasteiger partial charge in [-0.05, 0) is 71.1 Å². The Morgan fingerprint density at radius 2 is 1.62 bits per heavy atom. The highest BCUT2D eigenvalue weighted by atomic mass is 19.1. The van der Waals surface area contributed by atoms with E-state index in [1.165, 1.54) is 19.2 Å². The minimum Gasteiger partial charge on any atom is -0.465 e. The van der Waals surface area contributed by atoms with Crippen LogP contribution in [0.3, 0.4) is 0 Å². The van der Waals surface area contributed by atoms with Gasteiger partial charge in [0, 0.05) is 25.4 Å². The lowest BCUT2D eigenvalue weighted by molar-refractivity contribution is 0.0601. The van der Waals surface area contributed by atoms with Crippen molar-refractivity contribution in [3.63, 3.8) is 0 Å². The number of nitrogens with zero attached hydrogens (tertiary/aromatic N) is 2. The van der Waals surface area contributed by atoms with Crippen LogP contribution in [0.4, 0.5) is 14.5 Å². The summed E-state index contributed by atoms with van der Waals surface area (Å²) < 4.78 is 32.7. The van der Waals surface area contributed by atoms with E-state index >= 15 is 0 Å². The van der Waals surface area contributed by atoms with E-state index in [-0.39, 0.29) is 6.54 Å². The quantitative estimate of drug-likeness (QED) is 0.304. The van der Waals surface area contributed by atoms with Gasteiger partial charge in [-0.1, -0.05) is 30.3 Å². The Labute approximate surface area is 197 Å². The average molecular weight is 459 g/mol. The molecule has 0 spiro atoms. The third-order valence-corrected chi connectivity index (χ3v) is 5.60. The highest BCUT2D eigenvalue weighted by Crippen LogP contribution is 2.30. The molecule has 0 aliphatic heterocycles. The summed E-state index contributed by atoms with van der Waals surface area (Å²) in [5.41, 5.74) is 5.44. The number of aromatic nitrogens is 1. The third kappa shape index (κ3) is 5.29. The van der Waals surface area contributed by atoms with E-state index in [0.29, 0.717) is 17.7 Å². The van der Waals surface area contributed by atoms with Gasteiger partial charge in [0.2, 0.25) is 0 Å². The second-order valence-corrected chi connectivity index (χ2v) is 8.03. The first-order valence-corrected chi connectivity index (χ1v) is 10.8. The van der Waals surface area contributed by atoms with E-state index in [1.54, 1.807) is 18.5 Å². The molecule has 0 saturated heterocycles. The molecule has 0 bridgehead atoms. The molecule has 0 N–H and O–H groups in total. The van der Waals surface area contributed by atoms with E-state index < -0.39 is 17.6 Å². The lowest BCUT2D eigenvalue weighted by Crippen LogP contribution is -2.22. The molecule has 6 heteroatoms. The van der Waals surface area contributed by atoms with Gasteiger partial charge < -0.3 is 9.64 Å². The zero-order valence-electron chi connectivity index (χ0n) is 19.0. The van der Waals surface area contributed by atoms with Crippen molar-refractivity contribution in [2.24, 2.45) is 0 Å². The molecule has 4 aromatic rings. The highest BCUT2D eigenvalue weighted by Gasteiger charge is 2.17. The van der Waals surface area contributed by atoms with Crippen molar-refractivity contribution in [1.82, 2.24) is 4.98 Å². The van der Waals surface area contributed by atoms with Gasteiger partial charge in [-0.3, -0.25) is 4.98 Å². The molecule has 172 valence electrons. The number of esters is 1. The van der Waals surface area contributed by atoms with Gasteiger partial charge in [0.1, 0.15) is 11.6 Å². The van der Waals surface area contributed by atoms with Gasteiger partial charge in [-0.2, -0.15) is 0 Å². The summed E-state index contributed by atoms with van der Waals surface area (Å²) in [6.45, 7) is 2.70. The third-order valence-electron chi connectivity index (χ3n) is 5.60. The Morgan fingerprint density at radius 1 is 0.882 bits per heavy atom. The number of benzene rings is 3. The fourth-order valence-electron chi connectivity index (χ4n) is 4.00. The number of aryl methyl sites for hydroxylation is 1. The first kappa shape index (κ1) is 23.1. The smallest absolute Gasteiger partial charge is 0.338 e. The second-order valence-electron chi connectivity index (χ2n) is 8.03. The summed E-state index contributed by atoms with van der Waals surface area (Å²) in [5, 5.41) is 0. The van der Waals surface area contributed by atoms with Crippen molar-refractivity contribution in [2.45, 2.75) is 20.0 Å². The molecular formula is C28H24F2N2O2. The van der Waals surface area contributed by atoms with Gasteiger partial charge in [-0.25, -0.2) is 13.6 Å². The normalized spacial score (nSPS) is 10.7. The van der Waals surface area contributed by atoms with Crippen molar-refractivity contribution in [2.75, 3.05) is 12.0 Å². The Balaban J connectivity index is 1.74. The van der Waals surface area contributed by atoms with Gasteiger partial charge >= 0.3 is 5.97 Å². The number of anilines is 1. The SMILES string of the molecule is COC(=O)c1ccc(CN(Cc2cc(F)cc(F)c2)c2cccnc2)cc1-c1ccccc1C. The lowest BCUT2D eigenvalue weighted by atomic mass is 9.94. The topological polar surface area (TPSA) is 42.4 Å². The van der Waals surface area contributed by atoms with Gasteiger partial charge in [0.05, 0.1) is 24.6 Å². The minimum absolute atomic E-state index is 0.277. The zero-order valence-corrected chi connectivity index (χ0v) is 19.0. The average Bonchev–Trinajstić information content (AvgIpc) is 2.83. The van der Waals surface area contributed by atoms with Crippen LogP contribution in [0.25, 0.3) is 11.1 Å². The number of ether oxygens (including phenoxy) is 1. The molecular weight excluding hydrogens is 434 g/mol. The van der Waals surface area contributed by atoms with E-state index in [1.807, 2.05) is 60.4 Å². The molecule has 4 nitrogen and oxygen atoms in total. The summed E-state index contributed by atoms with van der Waals surface area (Å²) >= 11 is 0. The summed E-state index contributed by atoms with van der Waals surface area (Å²) in [4.78, 5) is 18.6. The Morgan fingerprint density at radius 3 is 2.29 bits per heavy atom. The zero-order chi connectivity index (χ0) is 24.1. The largest absolute Gasteiger partial charge is 0.465 e. The summed E-state index contributed by atoms with van der Waals surface area (Å²) in [5.74, 6) is -1.65. The first-order valence-electron chi connectivity index (χ1n) is 10.8. The molecule has 0 aliphatic rings. The Hall–Kier alpha value is -4.06. The molecule has 0 unspecified atom stereocenters. The number of halogens is 2. The van der Waals surface area contributed by atoms with Crippen LogP contribution < -0.4 is 4.90 Å².